The zero-order valence-corrected chi connectivity index (χ0v) is 10.1. The number of amidine groups is 1. The van der Waals surface area contributed by atoms with E-state index in [1.54, 1.807) is 12.1 Å². The number of nitrogens with zero attached hydrogens (tertiary/aromatic N) is 2. The maximum Gasteiger partial charge on any atom is 0.294 e. The second-order valence-corrected chi connectivity index (χ2v) is 4.15. The molecule has 0 aliphatic carbocycles. The van der Waals surface area contributed by atoms with Gasteiger partial charge in [0.1, 0.15) is 6.61 Å². The minimum absolute atomic E-state index is 0.475. The number of para-hydroxylation sites is 1. The van der Waals surface area contributed by atoms with Gasteiger partial charge in [0.05, 0.1) is 17.3 Å². The molecule has 92 valence electrons. The average Bonchev–Trinajstić information content (AvgIpc) is 2.48. The van der Waals surface area contributed by atoms with E-state index in [2.05, 4.69) is 16.4 Å². The van der Waals surface area contributed by atoms with Crippen molar-refractivity contribution in [2.75, 3.05) is 5.32 Å². The smallest absolute Gasteiger partial charge is 0.294 e. The van der Waals surface area contributed by atoms with Gasteiger partial charge in [0.25, 0.3) is 6.02 Å². The standard InChI is InChI=1S/C15H11N3O/c16-9-11-5-7-13(8-6-11)17-15-18-14-4-2-1-3-12(14)10-19-15/h1-8H,10H2,(H,17,18). The third-order valence-electron chi connectivity index (χ3n) is 2.84. The molecule has 0 aromatic heterocycles. The molecular formula is C15H11N3O. The second kappa shape index (κ2) is 4.83. The van der Waals surface area contributed by atoms with E-state index >= 15 is 0 Å². The first kappa shape index (κ1) is 11.3. The summed E-state index contributed by atoms with van der Waals surface area (Å²) < 4.78 is 5.54. The largest absolute Gasteiger partial charge is 0.460 e. The summed E-state index contributed by atoms with van der Waals surface area (Å²) in [6, 6.07) is 17.6. The lowest BCUT2D eigenvalue weighted by atomic mass is 10.2. The lowest BCUT2D eigenvalue weighted by Gasteiger charge is -2.17. The van der Waals surface area contributed by atoms with Crippen LogP contribution in [-0.2, 0) is 11.3 Å². The number of ether oxygens (including phenoxy) is 1. The molecule has 2 aromatic carbocycles. The van der Waals surface area contributed by atoms with Gasteiger partial charge in [0.2, 0.25) is 0 Å². The average molecular weight is 249 g/mol. The highest BCUT2D eigenvalue weighted by atomic mass is 16.5. The third kappa shape index (κ3) is 2.40. The fourth-order valence-electron chi connectivity index (χ4n) is 1.85. The van der Waals surface area contributed by atoms with Crippen LogP contribution in [0.25, 0.3) is 0 Å². The summed E-state index contributed by atoms with van der Waals surface area (Å²) in [4.78, 5) is 4.40. The summed E-state index contributed by atoms with van der Waals surface area (Å²) in [6.07, 6.45) is 0. The summed E-state index contributed by atoms with van der Waals surface area (Å²) >= 11 is 0. The predicted octanol–water partition coefficient (Wildman–Crippen LogP) is 3.19. The molecule has 0 saturated carbocycles. The van der Waals surface area contributed by atoms with Crippen molar-refractivity contribution < 1.29 is 4.74 Å². The third-order valence-corrected chi connectivity index (χ3v) is 2.84. The number of fused-ring (bicyclic) bond motifs is 1. The van der Waals surface area contributed by atoms with Crippen LogP contribution in [0.3, 0.4) is 0 Å². The Morgan fingerprint density at radius 1 is 1.11 bits per heavy atom. The van der Waals surface area contributed by atoms with Gasteiger partial charge in [-0.05, 0) is 30.3 Å². The number of anilines is 1. The van der Waals surface area contributed by atoms with Crippen LogP contribution in [0, 0.1) is 11.3 Å². The van der Waals surface area contributed by atoms with E-state index in [9.17, 15) is 0 Å². The summed E-state index contributed by atoms with van der Waals surface area (Å²) in [6.45, 7) is 0.512. The maximum absolute atomic E-state index is 8.74. The maximum atomic E-state index is 8.74. The van der Waals surface area contributed by atoms with Gasteiger partial charge in [-0.25, -0.2) is 0 Å². The summed E-state index contributed by atoms with van der Waals surface area (Å²) in [5.74, 6) is 0. The molecule has 0 spiro atoms. The molecular weight excluding hydrogens is 238 g/mol. The Kier molecular flexibility index (Phi) is 2.87. The lowest BCUT2D eigenvalue weighted by Crippen LogP contribution is -2.18. The molecule has 1 aliphatic heterocycles. The minimum atomic E-state index is 0.475. The lowest BCUT2D eigenvalue weighted by molar-refractivity contribution is 0.286. The fourth-order valence-corrected chi connectivity index (χ4v) is 1.85. The molecule has 0 saturated heterocycles. The number of rotatable bonds is 1. The van der Waals surface area contributed by atoms with Crippen molar-refractivity contribution in [1.29, 1.82) is 5.26 Å². The SMILES string of the molecule is N#Cc1ccc(NC2=Nc3ccccc3CO2)cc1. The number of hydrogen-bond acceptors (Lipinski definition) is 4. The normalized spacial score (nSPS) is 12.7. The second-order valence-electron chi connectivity index (χ2n) is 4.15. The molecule has 1 N–H and O–H groups in total. The minimum Gasteiger partial charge on any atom is -0.460 e. The Hall–Kier alpha value is -2.80. The van der Waals surface area contributed by atoms with E-state index < -0.39 is 0 Å². The molecule has 0 bridgehead atoms. The van der Waals surface area contributed by atoms with E-state index in [0.29, 0.717) is 18.2 Å². The number of hydrogen-bond donors (Lipinski definition) is 1. The monoisotopic (exact) mass is 249 g/mol. The summed E-state index contributed by atoms with van der Waals surface area (Å²) in [5, 5.41) is 11.8. The fraction of sp³-hybridized carbons (Fsp3) is 0.0667. The van der Waals surface area contributed by atoms with Crippen molar-refractivity contribution in [2.45, 2.75) is 6.61 Å². The molecule has 0 atom stereocenters. The first-order valence-corrected chi connectivity index (χ1v) is 5.92. The highest BCUT2D eigenvalue weighted by Gasteiger charge is 2.12. The Bertz CT molecular complexity index is 669. The first-order valence-electron chi connectivity index (χ1n) is 5.92. The summed E-state index contributed by atoms with van der Waals surface area (Å²) in [5.41, 5.74) is 3.47. The van der Waals surface area contributed by atoms with Gasteiger partial charge >= 0.3 is 0 Å². The van der Waals surface area contributed by atoms with Gasteiger partial charge in [0, 0.05) is 11.3 Å². The van der Waals surface area contributed by atoms with Crippen molar-refractivity contribution in [2.24, 2.45) is 4.99 Å². The van der Waals surface area contributed by atoms with Crippen molar-refractivity contribution in [3.63, 3.8) is 0 Å². The van der Waals surface area contributed by atoms with Crippen molar-refractivity contribution in [1.82, 2.24) is 0 Å². The van der Waals surface area contributed by atoms with E-state index in [4.69, 9.17) is 10.00 Å². The van der Waals surface area contributed by atoms with Gasteiger partial charge in [-0.1, -0.05) is 18.2 Å². The van der Waals surface area contributed by atoms with Crippen LogP contribution < -0.4 is 5.32 Å². The highest BCUT2D eigenvalue weighted by Crippen LogP contribution is 2.24. The number of nitriles is 1. The van der Waals surface area contributed by atoms with Crippen molar-refractivity contribution in [3.05, 3.63) is 59.7 Å². The van der Waals surface area contributed by atoms with Crippen LogP contribution in [0.5, 0.6) is 0 Å². The van der Waals surface area contributed by atoms with Crippen LogP contribution >= 0.6 is 0 Å². The Morgan fingerprint density at radius 2 is 1.89 bits per heavy atom. The Balaban J connectivity index is 1.81. The van der Waals surface area contributed by atoms with Gasteiger partial charge in [-0.15, -0.1) is 0 Å². The molecule has 19 heavy (non-hydrogen) atoms. The zero-order chi connectivity index (χ0) is 13.1. The Morgan fingerprint density at radius 3 is 2.68 bits per heavy atom. The van der Waals surface area contributed by atoms with Crippen molar-refractivity contribution >= 4 is 17.4 Å². The zero-order valence-electron chi connectivity index (χ0n) is 10.1. The van der Waals surface area contributed by atoms with E-state index in [-0.39, 0.29) is 0 Å². The molecule has 1 heterocycles. The van der Waals surface area contributed by atoms with Crippen molar-refractivity contribution in [3.8, 4) is 6.07 Å². The Labute approximate surface area is 111 Å². The van der Waals surface area contributed by atoms with E-state index in [1.165, 1.54) is 0 Å². The van der Waals surface area contributed by atoms with Gasteiger partial charge in [-0.3, -0.25) is 0 Å². The highest BCUT2D eigenvalue weighted by molar-refractivity contribution is 5.92. The molecule has 1 aliphatic rings. The quantitative estimate of drug-likeness (QED) is 0.844. The molecule has 0 fully saturated rings. The molecule has 0 unspecified atom stereocenters. The van der Waals surface area contributed by atoms with Gasteiger partial charge in [0.15, 0.2) is 0 Å². The number of aliphatic imine (C=N–C) groups is 1. The van der Waals surface area contributed by atoms with Crippen LogP contribution in [0.2, 0.25) is 0 Å². The molecule has 0 radical (unpaired) electrons. The van der Waals surface area contributed by atoms with Crippen LogP contribution in [0.1, 0.15) is 11.1 Å². The van der Waals surface area contributed by atoms with Gasteiger partial charge in [-0.2, -0.15) is 10.3 Å². The molecule has 4 nitrogen and oxygen atoms in total. The van der Waals surface area contributed by atoms with E-state index in [0.717, 1.165) is 16.9 Å². The number of benzene rings is 2. The van der Waals surface area contributed by atoms with Crippen LogP contribution in [0.15, 0.2) is 53.5 Å². The summed E-state index contributed by atoms with van der Waals surface area (Å²) in [7, 11) is 0. The van der Waals surface area contributed by atoms with Crippen LogP contribution in [-0.4, -0.2) is 6.02 Å². The number of nitrogens with one attached hydrogen (secondary N) is 1. The molecule has 3 rings (SSSR count). The molecule has 0 amide bonds. The molecule has 4 heteroatoms. The van der Waals surface area contributed by atoms with Gasteiger partial charge < -0.3 is 10.1 Å². The topological polar surface area (TPSA) is 57.4 Å². The first-order chi connectivity index (χ1) is 9.35. The predicted molar refractivity (Wildman–Crippen MR) is 73.1 cm³/mol. The molecule has 2 aromatic rings. The van der Waals surface area contributed by atoms with Crippen LogP contribution in [0.4, 0.5) is 11.4 Å². The van der Waals surface area contributed by atoms with E-state index in [1.807, 2.05) is 36.4 Å².